The van der Waals surface area contributed by atoms with Gasteiger partial charge in [0.25, 0.3) is 0 Å². The largest absolute Gasteiger partial charge is 0.339 e. The zero-order valence-corrected chi connectivity index (χ0v) is 15.7. The highest BCUT2D eigenvalue weighted by Gasteiger charge is 2.48. The molecule has 1 aromatic carbocycles. The molecule has 1 aliphatic heterocycles. The Balaban J connectivity index is 1.20. The molecular formula is C21H26N4O2. The molecule has 1 amide bonds. The van der Waals surface area contributed by atoms with E-state index in [1.165, 1.54) is 5.56 Å². The number of hydrogen-bond acceptors (Lipinski definition) is 5. The summed E-state index contributed by atoms with van der Waals surface area (Å²) < 4.78 is 5.36. The monoisotopic (exact) mass is 366 g/mol. The van der Waals surface area contributed by atoms with Crippen molar-refractivity contribution in [3.05, 3.63) is 41.5 Å². The predicted octanol–water partition coefficient (Wildman–Crippen LogP) is 3.44. The number of carbonyl (C=O) groups excluding carboxylic acids is 1. The second kappa shape index (κ2) is 6.44. The Bertz CT molecular complexity index is 853. The SMILES string of the molecule is Cc1noc([C@H]2CC[C@@H](NC3CCC4(CC3)C(=O)Nc3ccccc34)C2)n1. The molecule has 0 radical (unpaired) electrons. The third kappa shape index (κ3) is 2.87. The van der Waals surface area contributed by atoms with Crippen LogP contribution in [0, 0.1) is 6.92 Å². The van der Waals surface area contributed by atoms with E-state index in [4.69, 9.17) is 4.52 Å². The molecule has 1 aromatic heterocycles. The number of aryl methyl sites for hydroxylation is 1. The van der Waals surface area contributed by atoms with Crippen molar-refractivity contribution in [3.8, 4) is 0 Å². The lowest BCUT2D eigenvalue weighted by molar-refractivity contribution is -0.122. The van der Waals surface area contributed by atoms with Crippen molar-refractivity contribution in [3.63, 3.8) is 0 Å². The molecule has 3 aliphatic rings. The van der Waals surface area contributed by atoms with Crippen LogP contribution in [0.4, 0.5) is 5.69 Å². The first kappa shape index (κ1) is 16.9. The van der Waals surface area contributed by atoms with Gasteiger partial charge in [0.15, 0.2) is 5.82 Å². The molecule has 2 aliphatic carbocycles. The highest BCUT2D eigenvalue weighted by atomic mass is 16.5. The second-order valence-corrected chi connectivity index (χ2v) is 8.41. The Labute approximate surface area is 159 Å². The maximum absolute atomic E-state index is 12.7. The smallest absolute Gasteiger partial charge is 0.235 e. The molecule has 27 heavy (non-hydrogen) atoms. The summed E-state index contributed by atoms with van der Waals surface area (Å²) in [6.07, 6.45) is 7.25. The molecule has 1 spiro atoms. The molecule has 0 saturated heterocycles. The van der Waals surface area contributed by atoms with Gasteiger partial charge in [-0.15, -0.1) is 0 Å². The van der Waals surface area contributed by atoms with Crippen molar-refractivity contribution in [2.45, 2.75) is 75.3 Å². The molecule has 2 atom stereocenters. The van der Waals surface area contributed by atoms with Gasteiger partial charge in [0.2, 0.25) is 11.8 Å². The summed E-state index contributed by atoms with van der Waals surface area (Å²) in [5.74, 6) is 2.08. The van der Waals surface area contributed by atoms with Crippen LogP contribution in [0.3, 0.4) is 0 Å². The summed E-state index contributed by atoms with van der Waals surface area (Å²) in [6, 6.07) is 9.17. The minimum Gasteiger partial charge on any atom is -0.339 e. The average molecular weight is 366 g/mol. The Kier molecular flexibility index (Phi) is 4.04. The number of nitrogens with one attached hydrogen (secondary N) is 2. The lowest BCUT2D eigenvalue weighted by atomic mass is 9.69. The van der Waals surface area contributed by atoms with Crippen molar-refractivity contribution in [1.29, 1.82) is 0 Å². The van der Waals surface area contributed by atoms with Crippen LogP contribution in [0.25, 0.3) is 0 Å². The maximum atomic E-state index is 12.7. The van der Waals surface area contributed by atoms with Gasteiger partial charge in [-0.2, -0.15) is 4.98 Å². The van der Waals surface area contributed by atoms with Crippen molar-refractivity contribution in [2.75, 3.05) is 5.32 Å². The third-order valence-electron chi connectivity index (χ3n) is 6.76. The number of benzene rings is 1. The van der Waals surface area contributed by atoms with Crippen molar-refractivity contribution in [1.82, 2.24) is 15.5 Å². The van der Waals surface area contributed by atoms with Gasteiger partial charge in [-0.1, -0.05) is 23.4 Å². The number of carbonyl (C=O) groups is 1. The minimum atomic E-state index is -0.311. The van der Waals surface area contributed by atoms with Gasteiger partial charge in [0.05, 0.1) is 5.41 Å². The Morgan fingerprint density at radius 3 is 2.74 bits per heavy atom. The fourth-order valence-corrected chi connectivity index (χ4v) is 5.32. The fourth-order valence-electron chi connectivity index (χ4n) is 5.32. The number of aromatic nitrogens is 2. The molecule has 0 unspecified atom stereocenters. The zero-order valence-electron chi connectivity index (χ0n) is 15.7. The number of anilines is 1. The Hall–Kier alpha value is -2.21. The van der Waals surface area contributed by atoms with Crippen molar-refractivity contribution in [2.24, 2.45) is 0 Å². The first-order valence-corrected chi connectivity index (χ1v) is 10.1. The van der Waals surface area contributed by atoms with Crippen LogP contribution in [-0.4, -0.2) is 28.1 Å². The van der Waals surface area contributed by atoms with E-state index in [9.17, 15) is 4.79 Å². The minimum absolute atomic E-state index is 0.190. The summed E-state index contributed by atoms with van der Waals surface area (Å²) in [6.45, 7) is 1.87. The molecule has 0 bridgehead atoms. The van der Waals surface area contributed by atoms with Crippen LogP contribution < -0.4 is 10.6 Å². The molecule has 2 N–H and O–H groups in total. The molecule has 2 fully saturated rings. The predicted molar refractivity (Wildman–Crippen MR) is 102 cm³/mol. The van der Waals surface area contributed by atoms with E-state index < -0.39 is 0 Å². The second-order valence-electron chi connectivity index (χ2n) is 8.41. The normalized spacial score (nSPS) is 32.6. The standard InChI is InChI=1S/C21H26N4O2/c1-13-22-19(27-25-13)14-6-7-16(12-14)23-15-8-10-21(11-9-15)17-4-2-3-5-18(17)24-20(21)26/h2-5,14-16,23H,6-12H2,1H3,(H,24,26)/t14-,15?,16+,21?/m0/s1. The number of fused-ring (bicyclic) bond motifs is 2. The maximum Gasteiger partial charge on any atom is 0.235 e. The van der Waals surface area contributed by atoms with Gasteiger partial charge in [0.1, 0.15) is 0 Å². The molecule has 6 nitrogen and oxygen atoms in total. The summed E-state index contributed by atoms with van der Waals surface area (Å²) in [5, 5.41) is 10.9. The van der Waals surface area contributed by atoms with Gasteiger partial charge in [-0.25, -0.2) is 0 Å². The summed E-state index contributed by atoms with van der Waals surface area (Å²) >= 11 is 0. The number of nitrogens with zero attached hydrogens (tertiary/aromatic N) is 2. The summed E-state index contributed by atoms with van der Waals surface area (Å²) in [5.41, 5.74) is 1.89. The van der Waals surface area contributed by atoms with E-state index in [1.54, 1.807) is 0 Å². The van der Waals surface area contributed by atoms with E-state index in [0.717, 1.165) is 56.5 Å². The van der Waals surface area contributed by atoms with Gasteiger partial charge >= 0.3 is 0 Å². The quantitative estimate of drug-likeness (QED) is 0.870. The molecular weight excluding hydrogens is 340 g/mol. The fraction of sp³-hybridized carbons (Fsp3) is 0.571. The van der Waals surface area contributed by atoms with Crippen LogP contribution in [0.15, 0.2) is 28.8 Å². The van der Waals surface area contributed by atoms with Gasteiger partial charge in [0, 0.05) is 23.7 Å². The number of rotatable bonds is 3. The number of hydrogen-bond donors (Lipinski definition) is 2. The van der Waals surface area contributed by atoms with Gasteiger partial charge in [-0.3, -0.25) is 4.79 Å². The van der Waals surface area contributed by atoms with Gasteiger partial charge < -0.3 is 15.2 Å². The first-order chi connectivity index (χ1) is 13.1. The van der Waals surface area contributed by atoms with Crippen molar-refractivity contribution >= 4 is 11.6 Å². The lowest BCUT2D eigenvalue weighted by Crippen LogP contribution is -2.45. The zero-order chi connectivity index (χ0) is 18.4. The first-order valence-electron chi connectivity index (χ1n) is 10.1. The Morgan fingerprint density at radius 1 is 1.15 bits per heavy atom. The third-order valence-corrected chi connectivity index (χ3v) is 6.76. The molecule has 2 aromatic rings. The summed E-state index contributed by atoms with van der Waals surface area (Å²) in [7, 11) is 0. The van der Waals surface area contributed by atoms with Gasteiger partial charge in [-0.05, 0) is 63.5 Å². The van der Waals surface area contributed by atoms with Crippen molar-refractivity contribution < 1.29 is 9.32 Å². The molecule has 6 heteroatoms. The lowest BCUT2D eigenvalue weighted by Gasteiger charge is -2.37. The van der Waals surface area contributed by atoms with E-state index in [-0.39, 0.29) is 11.3 Å². The van der Waals surface area contributed by atoms with E-state index in [1.807, 2.05) is 25.1 Å². The van der Waals surface area contributed by atoms with Crippen LogP contribution >= 0.6 is 0 Å². The average Bonchev–Trinajstić information content (AvgIpc) is 3.37. The van der Waals surface area contributed by atoms with Crippen LogP contribution in [0.5, 0.6) is 0 Å². The van der Waals surface area contributed by atoms with E-state index in [2.05, 4.69) is 26.8 Å². The topological polar surface area (TPSA) is 80.0 Å². The molecule has 142 valence electrons. The Morgan fingerprint density at radius 2 is 1.96 bits per heavy atom. The van der Waals surface area contributed by atoms with Crippen LogP contribution in [0.2, 0.25) is 0 Å². The highest BCUT2D eigenvalue weighted by molar-refractivity contribution is 6.06. The van der Waals surface area contributed by atoms with E-state index in [0.29, 0.717) is 23.8 Å². The van der Waals surface area contributed by atoms with Crippen LogP contribution in [0.1, 0.15) is 68.1 Å². The molecule has 2 heterocycles. The summed E-state index contributed by atoms with van der Waals surface area (Å²) in [4.78, 5) is 17.1. The molecule has 2 saturated carbocycles. The number of para-hydroxylation sites is 1. The van der Waals surface area contributed by atoms with E-state index >= 15 is 0 Å². The number of amides is 1. The molecule has 5 rings (SSSR count). The highest BCUT2D eigenvalue weighted by Crippen LogP contribution is 2.47. The van der Waals surface area contributed by atoms with Crippen LogP contribution in [-0.2, 0) is 10.2 Å².